The minimum atomic E-state index is -0.539. The summed E-state index contributed by atoms with van der Waals surface area (Å²) in [4.78, 5) is 17.0. The van der Waals surface area contributed by atoms with E-state index in [-0.39, 0.29) is 12.0 Å². The maximum atomic E-state index is 13.1. The van der Waals surface area contributed by atoms with Crippen LogP contribution in [-0.2, 0) is 0 Å². The lowest BCUT2D eigenvalue weighted by molar-refractivity contribution is -0.0231. The Bertz CT molecular complexity index is 888. The van der Waals surface area contributed by atoms with Crippen LogP contribution in [0.5, 0.6) is 5.75 Å². The summed E-state index contributed by atoms with van der Waals surface area (Å²) in [5.41, 5.74) is 1.72. The zero-order chi connectivity index (χ0) is 20.5. The molecule has 2 fully saturated rings. The van der Waals surface area contributed by atoms with Crippen molar-refractivity contribution in [3.05, 3.63) is 59.1 Å². The number of fused-ring (bicyclic) bond motifs is 1. The normalized spacial score (nSPS) is 26.1. The highest BCUT2D eigenvalue weighted by atomic mass is 35.5. The Morgan fingerprint density at radius 1 is 1.10 bits per heavy atom. The molecule has 0 spiro atoms. The smallest absolute Gasteiger partial charge is 0.253 e. The van der Waals surface area contributed by atoms with Crippen LogP contribution >= 0.6 is 11.6 Å². The van der Waals surface area contributed by atoms with Crippen molar-refractivity contribution in [2.24, 2.45) is 11.8 Å². The van der Waals surface area contributed by atoms with Gasteiger partial charge in [-0.2, -0.15) is 0 Å². The number of anilines is 1. The lowest BCUT2D eigenvalue weighted by Gasteiger charge is -2.35. The van der Waals surface area contributed by atoms with Crippen molar-refractivity contribution in [1.82, 2.24) is 4.90 Å². The Hall–Kier alpha value is -2.24. The van der Waals surface area contributed by atoms with Gasteiger partial charge in [-0.05, 0) is 61.1 Å². The molecule has 1 amide bonds. The van der Waals surface area contributed by atoms with Gasteiger partial charge in [0.05, 0.1) is 6.10 Å². The summed E-state index contributed by atoms with van der Waals surface area (Å²) in [6.45, 7) is 1.40. The largest absolute Gasteiger partial charge is 0.488 e. The third-order valence-corrected chi connectivity index (χ3v) is 6.30. The zero-order valence-corrected chi connectivity index (χ0v) is 17.5. The molecule has 0 radical (unpaired) electrons. The van der Waals surface area contributed by atoms with Crippen molar-refractivity contribution in [1.29, 1.82) is 0 Å². The van der Waals surface area contributed by atoms with Gasteiger partial charge in [0.2, 0.25) is 0 Å². The topological polar surface area (TPSA) is 53.0 Å². The van der Waals surface area contributed by atoms with Gasteiger partial charge in [-0.3, -0.25) is 4.79 Å². The predicted octanol–water partition coefficient (Wildman–Crippen LogP) is 3.70. The first-order chi connectivity index (χ1) is 13.9. The van der Waals surface area contributed by atoms with E-state index in [0.29, 0.717) is 47.7 Å². The maximum absolute atomic E-state index is 13.1. The van der Waals surface area contributed by atoms with Crippen molar-refractivity contribution >= 4 is 23.2 Å². The van der Waals surface area contributed by atoms with E-state index in [9.17, 15) is 9.90 Å². The molecule has 1 saturated heterocycles. The number of aliphatic hydroxyl groups excluding tert-OH is 1. The number of rotatable bonds is 4. The van der Waals surface area contributed by atoms with Crippen molar-refractivity contribution in [2.45, 2.75) is 25.0 Å². The molecule has 0 aromatic heterocycles. The highest BCUT2D eigenvalue weighted by molar-refractivity contribution is 6.30. The lowest BCUT2D eigenvalue weighted by Crippen LogP contribution is -2.42. The van der Waals surface area contributed by atoms with Crippen molar-refractivity contribution in [3.63, 3.8) is 0 Å². The number of aliphatic hydroxyl groups is 1. The fraction of sp³-hybridized carbons (Fsp3) is 0.435. The average molecular weight is 415 g/mol. The van der Waals surface area contributed by atoms with Crippen molar-refractivity contribution < 1.29 is 14.6 Å². The first-order valence-corrected chi connectivity index (χ1v) is 10.5. The van der Waals surface area contributed by atoms with E-state index in [1.165, 1.54) is 0 Å². The number of hydrogen-bond acceptors (Lipinski definition) is 4. The molecule has 4 rings (SSSR count). The molecule has 5 nitrogen and oxygen atoms in total. The second-order valence-corrected chi connectivity index (χ2v) is 8.76. The van der Waals surface area contributed by atoms with E-state index in [0.717, 1.165) is 12.1 Å². The van der Waals surface area contributed by atoms with E-state index >= 15 is 0 Å². The molecule has 2 aliphatic rings. The third-order valence-electron chi connectivity index (χ3n) is 6.07. The van der Waals surface area contributed by atoms with Gasteiger partial charge in [0, 0.05) is 43.5 Å². The number of halogens is 1. The second-order valence-electron chi connectivity index (χ2n) is 8.33. The van der Waals surface area contributed by atoms with Crippen LogP contribution in [0.3, 0.4) is 0 Å². The lowest BCUT2D eigenvalue weighted by atomic mass is 9.78. The van der Waals surface area contributed by atoms with Crippen LogP contribution in [0.2, 0.25) is 5.02 Å². The number of nitrogens with zero attached hydrogens (tertiary/aromatic N) is 2. The molecule has 154 valence electrons. The van der Waals surface area contributed by atoms with Crippen LogP contribution in [-0.4, -0.2) is 55.3 Å². The van der Waals surface area contributed by atoms with Gasteiger partial charge in [-0.25, -0.2) is 0 Å². The van der Waals surface area contributed by atoms with Crippen molar-refractivity contribution in [3.8, 4) is 5.75 Å². The van der Waals surface area contributed by atoms with Crippen LogP contribution in [0.1, 0.15) is 23.2 Å². The van der Waals surface area contributed by atoms with E-state index in [1.54, 1.807) is 12.1 Å². The first-order valence-electron chi connectivity index (χ1n) is 10.1. The molecule has 1 aliphatic heterocycles. The Kier molecular flexibility index (Phi) is 5.70. The number of benzene rings is 2. The van der Waals surface area contributed by atoms with Crippen LogP contribution in [0, 0.1) is 11.8 Å². The minimum Gasteiger partial charge on any atom is -0.488 e. The monoisotopic (exact) mass is 414 g/mol. The number of hydrogen-bond donors (Lipinski definition) is 1. The third kappa shape index (κ3) is 4.36. The molecule has 6 heteroatoms. The summed E-state index contributed by atoms with van der Waals surface area (Å²) < 4.78 is 6.04. The van der Waals surface area contributed by atoms with Crippen LogP contribution in [0.25, 0.3) is 0 Å². The molecule has 1 heterocycles. The fourth-order valence-electron chi connectivity index (χ4n) is 4.50. The number of carbonyl (C=O) groups is 1. The second kappa shape index (κ2) is 8.25. The SMILES string of the molecule is CN(C)c1cccc(C(=O)N2C[C@H]3C[C@@H](Oc4cccc(Cl)c4)[C@H](O)C[C@H]3C2)c1. The van der Waals surface area contributed by atoms with E-state index < -0.39 is 6.10 Å². The molecule has 29 heavy (non-hydrogen) atoms. The Morgan fingerprint density at radius 3 is 2.55 bits per heavy atom. The first kappa shape index (κ1) is 20.0. The predicted molar refractivity (Wildman–Crippen MR) is 115 cm³/mol. The summed E-state index contributed by atoms with van der Waals surface area (Å²) >= 11 is 6.04. The van der Waals surface area contributed by atoms with E-state index in [4.69, 9.17) is 16.3 Å². The van der Waals surface area contributed by atoms with Crippen LogP contribution in [0.4, 0.5) is 5.69 Å². The molecule has 4 atom stereocenters. The van der Waals surface area contributed by atoms with Gasteiger partial charge in [0.15, 0.2) is 0 Å². The number of amides is 1. The highest BCUT2D eigenvalue weighted by Crippen LogP contribution is 2.38. The minimum absolute atomic E-state index is 0.0601. The van der Waals surface area contributed by atoms with Gasteiger partial charge in [0.1, 0.15) is 11.9 Å². The molecule has 2 aromatic carbocycles. The van der Waals surface area contributed by atoms with Gasteiger partial charge in [0.25, 0.3) is 5.91 Å². The molecular weight excluding hydrogens is 388 g/mol. The number of carbonyl (C=O) groups excluding carboxylic acids is 1. The van der Waals surface area contributed by atoms with Gasteiger partial charge >= 0.3 is 0 Å². The van der Waals surface area contributed by atoms with Gasteiger partial charge in [-0.1, -0.05) is 23.7 Å². The fourth-order valence-corrected chi connectivity index (χ4v) is 4.68. The summed E-state index contributed by atoms with van der Waals surface area (Å²) in [6.07, 6.45) is 0.571. The van der Waals surface area contributed by atoms with Crippen LogP contribution < -0.4 is 9.64 Å². The molecule has 1 aliphatic carbocycles. The quantitative estimate of drug-likeness (QED) is 0.828. The van der Waals surface area contributed by atoms with E-state index in [2.05, 4.69) is 0 Å². The van der Waals surface area contributed by atoms with Gasteiger partial charge in [-0.15, -0.1) is 0 Å². The molecule has 0 unspecified atom stereocenters. The molecule has 2 aromatic rings. The van der Waals surface area contributed by atoms with E-state index in [1.807, 2.05) is 60.3 Å². The zero-order valence-electron chi connectivity index (χ0n) is 16.8. The molecule has 1 N–H and O–H groups in total. The summed E-state index contributed by atoms with van der Waals surface area (Å²) in [5.74, 6) is 1.38. The van der Waals surface area contributed by atoms with Crippen molar-refractivity contribution in [2.75, 3.05) is 32.1 Å². The van der Waals surface area contributed by atoms with Gasteiger partial charge < -0.3 is 19.6 Å². The molecular formula is C23H27ClN2O3. The Labute approximate surface area is 176 Å². The number of likely N-dealkylation sites (tertiary alicyclic amines) is 1. The number of ether oxygens (including phenoxy) is 1. The standard InChI is InChI=1S/C23H27ClN2O3/c1-25(2)19-7-3-5-15(9-19)23(28)26-13-16-10-21(27)22(11-17(16)14-26)29-20-8-4-6-18(24)12-20/h3-9,12,16-17,21-22,27H,10-11,13-14H2,1-2H3/t16-,17+,21+,22+/m0/s1. The summed E-state index contributed by atoms with van der Waals surface area (Å²) in [5, 5.41) is 11.2. The Morgan fingerprint density at radius 2 is 1.83 bits per heavy atom. The van der Waals surface area contributed by atoms with Crippen LogP contribution in [0.15, 0.2) is 48.5 Å². The average Bonchev–Trinajstić information content (AvgIpc) is 3.10. The maximum Gasteiger partial charge on any atom is 0.253 e. The Balaban J connectivity index is 1.43. The molecule has 1 saturated carbocycles. The summed E-state index contributed by atoms with van der Waals surface area (Å²) in [6, 6.07) is 15.0. The summed E-state index contributed by atoms with van der Waals surface area (Å²) in [7, 11) is 3.94. The molecule has 0 bridgehead atoms. The highest BCUT2D eigenvalue weighted by Gasteiger charge is 2.44.